The van der Waals surface area contributed by atoms with Gasteiger partial charge in [0.25, 0.3) is 11.6 Å². The molecule has 1 unspecified atom stereocenters. The Labute approximate surface area is 187 Å². The molecule has 2 amide bonds. The molecule has 168 valence electrons. The standard InChI is InChI=1S/C24H27N3O5/c1-2-21(25-23(28)13-12-18-8-7-9-19(16-18)27(30)31)20-10-3-4-11-22(20)32-17-24(29)26-14-5-6-15-26/h3-4,7-13,16,21H,2,5-6,14-15,17H2,1H3,(H,25,28)/b13-12+. The lowest BCUT2D eigenvalue weighted by Crippen LogP contribution is -2.32. The third-order valence-electron chi connectivity index (χ3n) is 5.34. The first-order valence-electron chi connectivity index (χ1n) is 10.7. The van der Waals surface area contributed by atoms with Crippen LogP contribution in [0.1, 0.15) is 43.4 Å². The molecular formula is C24H27N3O5. The second-order valence-electron chi connectivity index (χ2n) is 7.57. The van der Waals surface area contributed by atoms with Crippen LogP contribution in [0.5, 0.6) is 5.75 Å². The molecule has 0 radical (unpaired) electrons. The van der Waals surface area contributed by atoms with Crippen LogP contribution in [0.4, 0.5) is 5.69 Å². The smallest absolute Gasteiger partial charge is 0.270 e. The van der Waals surface area contributed by atoms with Gasteiger partial charge in [0.05, 0.1) is 11.0 Å². The van der Waals surface area contributed by atoms with Gasteiger partial charge in [0, 0.05) is 36.9 Å². The van der Waals surface area contributed by atoms with Gasteiger partial charge in [-0.15, -0.1) is 0 Å². The van der Waals surface area contributed by atoms with E-state index in [4.69, 9.17) is 4.74 Å². The summed E-state index contributed by atoms with van der Waals surface area (Å²) in [4.78, 5) is 37.0. The van der Waals surface area contributed by atoms with Crippen LogP contribution < -0.4 is 10.1 Å². The molecule has 1 aliphatic rings. The summed E-state index contributed by atoms with van der Waals surface area (Å²) >= 11 is 0. The Bertz CT molecular complexity index is 999. The number of non-ortho nitro benzene ring substituents is 1. The maximum atomic E-state index is 12.5. The van der Waals surface area contributed by atoms with Crippen molar-refractivity contribution in [3.63, 3.8) is 0 Å². The fourth-order valence-corrected chi connectivity index (χ4v) is 3.63. The summed E-state index contributed by atoms with van der Waals surface area (Å²) in [6.07, 6.45) is 5.55. The average Bonchev–Trinajstić information content (AvgIpc) is 3.35. The van der Waals surface area contributed by atoms with Gasteiger partial charge in [-0.3, -0.25) is 19.7 Å². The lowest BCUT2D eigenvalue weighted by Gasteiger charge is -2.21. The zero-order valence-electron chi connectivity index (χ0n) is 18.0. The molecule has 2 aromatic carbocycles. The Morgan fingerprint density at radius 2 is 1.94 bits per heavy atom. The second kappa shape index (κ2) is 11.1. The Morgan fingerprint density at radius 3 is 2.66 bits per heavy atom. The summed E-state index contributed by atoms with van der Waals surface area (Å²) in [5.74, 6) is 0.204. The van der Waals surface area contributed by atoms with Gasteiger partial charge >= 0.3 is 0 Å². The summed E-state index contributed by atoms with van der Waals surface area (Å²) < 4.78 is 5.82. The van der Waals surface area contributed by atoms with Crippen LogP contribution in [-0.2, 0) is 9.59 Å². The van der Waals surface area contributed by atoms with Gasteiger partial charge in [-0.05, 0) is 37.0 Å². The zero-order chi connectivity index (χ0) is 22.9. The molecule has 0 spiro atoms. The molecular weight excluding hydrogens is 410 g/mol. The van der Waals surface area contributed by atoms with Crippen molar-refractivity contribution in [3.05, 3.63) is 75.8 Å². The monoisotopic (exact) mass is 437 g/mol. The van der Waals surface area contributed by atoms with E-state index in [1.807, 2.05) is 25.1 Å². The lowest BCUT2D eigenvalue weighted by atomic mass is 10.0. The number of nitrogens with zero attached hydrogens (tertiary/aromatic N) is 2. The number of rotatable bonds is 9. The Morgan fingerprint density at radius 1 is 1.19 bits per heavy atom. The molecule has 1 aliphatic heterocycles. The highest BCUT2D eigenvalue weighted by molar-refractivity contribution is 5.92. The van der Waals surface area contributed by atoms with Gasteiger partial charge in [-0.2, -0.15) is 0 Å². The first-order valence-corrected chi connectivity index (χ1v) is 10.7. The van der Waals surface area contributed by atoms with E-state index >= 15 is 0 Å². The summed E-state index contributed by atoms with van der Waals surface area (Å²) in [5.41, 5.74) is 1.32. The van der Waals surface area contributed by atoms with Crippen LogP contribution in [0.25, 0.3) is 6.08 Å². The number of nitro benzene ring substituents is 1. The molecule has 1 atom stereocenters. The first kappa shape index (κ1) is 23.0. The number of nitro groups is 1. The molecule has 1 fully saturated rings. The Balaban J connectivity index is 1.64. The largest absolute Gasteiger partial charge is 0.483 e. The van der Waals surface area contributed by atoms with E-state index in [2.05, 4.69) is 5.32 Å². The summed E-state index contributed by atoms with van der Waals surface area (Å²) in [6, 6.07) is 13.1. The normalized spacial score (nSPS) is 14.3. The highest BCUT2D eigenvalue weighted by Gasteiger charge is 2.20. The molecule has 0 bridgehead atoms. The van der Waals surface area contributed by atoms with E-state index < -0.39 is 4.92 Å². The van der Waals surface area contributed by atoms with Crippen molar-refractivity contribution in [1.29, 1.82) is 0 Å². The number of ether oxygens (including phenoxy) is 1. The summed E-state index contributed by atoms with van der Waals surface area (Å²) in [6.45, 7) is 3.46. The third-order valence-corrected chi connectivity index (χ3v) is 5.34. The number of carbonyl (C=O) groups is 2. The molecule has 1 saturated heterocycles. The van der Waals surface area contributed by atoms with Crippen molar-refractivity contribution in [2.75, 3.05) is 19.7 Å². The number of benzene rings is 2. The highest BCUT2D eigenvalue weighted by atomic mass is 16.6. The minimum atomic E-state index is -0.476. The number of carbonyl (C=O) groups excluding carboxylic acids is 2. The van der Waals surface area contributed by atoms with E-state index in [9.17, 15) is 19.7 Å². The van der Waals surface area contributed by atoms with Crippen molar-refractivity contribution in [2.24, 2.45) is 0 Å². The van der Waals surface area contributed by atoms with Crippen molar-refractivity contribution < 1.29 is 19.2 Å². The minimum Gasteiger partial charge on any atom is -0.483 e. The fourth-order valence-electron chi connectivity index (χ4n) is 3.63. The van der Waals surface area contributed by atoms with Crippen LogP contribution in [0, 0.1) is 10.1 Å². The van der Waals surface area contributed by atoms with Crippen LogP contribution in [0.3, 0.4) is 0 Å². The van der Waals surface area contributed by atoms with Crippen LogP contribution in [0.2, 0.25) is 0 Å². The van der Waals surface area contributed by atoms with Crippen LogP contribution in [0.15, 0.2) is 54.6 Å². The second-order valence-corrected chi connectivity index (χ2v) is 7.57. The summed E-state index contributed by atoms with van der Waals surface area (Å²) in [5, 5.41) is 13.8. The zero-order valence-corrected chi connectivity index (χ0v) is 18.0. The van der Waals surface area contributed by atoms with E-state index in [0.29, 0.717) is 17.7 Å². The van der Waals surface area contributed by atoms with E-state index in [-0.39, 0.29) is 30.2 Å². The van der Waals surface area contributed by atoms with Crippen LogP contribution in [-0.4, -0.2) is 41.3 Å². The number of hydrogen-bond acceptors (Lipinski definition) is 5. The van der Waals surface area contributed by atoms with Gasteiger partial charge in [-0.25, -0.2) is 0 Å². The van der Waals surface area contributed by atoms with Gasteiger partial charge in [0.2, 0.25) is 5.91 Å². The van der Waals surface area contributed by atoms with E-state index in [0.717, 1.165) is 31.5 Å². The predicted octanol–water partition coefficient (Wildman–Crippen LogP) is 3.88. The molecule has 0 aromatic heterocycles. The topological polar surface area (TPSA) is 102 Å². The van der Waals surface area contributed by atoms with Crippen molar-refractivity contribution >= 4 is 23.6 Å². The number of nitrogens with one attached hydrogen (secondary N) is 1. The van der Waals surface area contributed by atoms with Gasteiger partial charge in [0.1, 0.15) is 5.75 Å². The molecule has 32 heavy (non-hydrogen) atoms. The molecule has 8 heteroatoms. The van der Waals surface area contributed by atoms with Gasteiger partial charge in [-0.1, -0.05) is 37.3 Å². The van der Waals surface area contributed by atoms with E-state index in [1.54, 1.807) is 23.1 Å². The lowest BCUT2D eigenvalue weighted by molar-refractivity contribution is -0.384. The molecule has 0 saturated carbocycles. The summed E-state index contributed by atoms with van der Waals surface area (Å²) in [7, 11) is 0. The SMILES string of the molecule is CCC(NC(=O)/C=C/c1cccc([N+](=O)[O-])c1)c1ccccc1OCC(=O)N1CCCC1. The number of para-hydroxylation sites is 1. The fraction of sp³-hybridized carbons (Fsp3) is 0.333. The molecule has 1 N–H and O–H groups in total. The maximum absolute atomic E-state index is 12.5. The third kappa shape index (κ3) is 6.16. The number of likely N-dealkylation sites (tertiary alicyclic amines) is 1. The van der Waals surface area contributed by atoms with Crippen molar-refractivity contribution in [2.45, 2.75) is 32.2 Å². The number of hydrogen-bond donors (Lipinski definition) is 1. The van der Waals surface area contributed by atoms with Crippen molar-refractivity contribution in [1.82, 2.24) is 10.2 Å². The maximum Gasteiger partial charge on any atom is 0.270 e. The molecule has 3 rings (SSSR count). The molecule has 0 aliphatic carbocycles. The quantitative estimate of drug-likeness (QED) is 0.364. The van der Waals surface area contributed by atoms with Gasteiger partial charge in [0.15, 0.2) is 6.61 Å². The van der Waals surface area contributed by atoms with Crippen LogP contribution >= 0.6 is 0 Å². The van der Waals surface area contributed by atoms with Crippen molar-refractivity contribution in [3.8, 4) is 5.75 Å². The predicted molar refractivity (Wildman–Crippen MR) is 121 cm³/mol. The molecule has 1 heterocycles. The average molecular weight is 437 g/mol. The Kier molecular flexibility index (Phi) is 7.96. The Hall–Kier alpha value is -3.68. The first-order chi connectivity index (χ1) is 15.5. The van der Waals surface area contributed by atoms with Gasteiger partial charge < -0.3 is 15.0 Å². The molecule has 8 nitrogen and oxygen atoms in total. The van der Waals surface area contributed by atoms with E-state index in [1.165, 1.54) is 24.3 Å². The minimum absolute atomic E-state index is 0.0331. The number of amides is 2. The highest BCUT2D eigenvalue weighted by Crippen LogP contribution is 2.27. The molecule has 2 aromatic rings.